The van der Waals surface area contributed by atoms with Crippen molar-refractivity contribution in [3.05, 3.63) is 36.3 Å². The lowest BCUT2D eigenvalue weighted by molar-refractivity contribution is 0.199. The van der Waals surface area contributed by atoms with E-state index in [-0.39, 0.29) is 0 Å². The predicted octanol–water partition coefficient (Wildman–Crippen LogP) is 2.39. The van der Waals surface area contributed by atoms with Crippen molar-refractivity contribution in [2.45, 2.75) is 26.4 Å². The number of hydrogen-bond acceptors (Lipinski definition) is 5. The molecule has 6 heteroatoms. The number of ether oxygens (including phenoxy) is 2. The summed E-state index contributed by atoms with van der Waals surface area (Å²) in [7, 11) is 1.69. The molecule has 0 spiro atoms. The molecule has 0 aromatic carbocycles. The maximum Gasteiger partial charge on any atom is 0.219 e. The fourth-order valence-electron chi connectivity index (χ4n) is 1.76. The van der Waals surface area contributed by atoms with Crippen LogP contribution in [0, 0.1) is 0 Å². The summed E-state index contributed by atoms with van der Waals surface area (Å²) in [6.45, 7) is 6.43. The van der Waals surface area contributed by atoms with Crippen molar-refractivity contribution >= 4 is 0 Å². The summed E-state index contributed by atoms with van der Waals surface area (Å²) in [5.74, 6) is 1.26. The Labute approximate surface area is 125 Å². The molecule has 0 aliphatic carbocycles. The van der Waals surface area contributed by atoms with E-state index in [9.17, 15) is 0 Å². The van der Waals surface area contributed by atoms with Crippen LogP contribution in [0.4, 0.5) is 0 Å². The molecular formula is C15H22N4O2. The monoisotopic (exact) mass is 290 g/mol. The first-order valence-corrected chi connectivity index (χ1v) is 7.05. The van der Waals surface area contributed by atoms with Gasteiger partial charge in [0.15, 0.2) is 5.75 Å². The van der Waals surface area contributed by atoms with Crippen molar-refractivity contribution in [2.24, 2.45) is 0 Å². The lowest BCUT2D eigenvalue weighted by Crippen LogP contribution is -2.18. The molecule has 0 aliphatic rings. The van der Waals surface area contributed by atoms with Gasteiger partial charge in [-0.25, -0.2) is 4.98 Å². The Morgan fingerprint density at radius 2 is 2.14 bits per heavy atom. The number of nitrogens with zero attached hydrogens (tertiary/aromatic N) is 3. The second-order valence-electron chi connectivity index (χ2n) is 5.03. The Kier molecular flexibility index (Phi) is 5.71. The molecule has 0 amide bonds. The van der Waals surface area contributed by atoms with Crippen LogP contribution in [-0.4, -0.2) is 35.0 Å². The average Bonchev–Trinajstić information content (AvgIpc) is 2.94. The molecule has 114 valence electrons. The Hall–Kier alpha value is -1.92. The molecule has 2 aromatic rings. The fourth-order valence-corrected chi connectivity index (χ4v) is 1.76. The standard InChI is InChI=1S/C15H22N4O2/c1-12(2)19-11-14(10-18-19)21-15-5-4-13(9-17-15)8-16-6-7-20-3/h4-5,9-12,16H,6-8H2,1-3H3. The normalized spacial score (nSPS) is 11.0. The zero-order valence-corrected chi connectivity index (χ0v) is 12.7. The van der Waals surface area contributed by atoms with E-state index in [1.807, 2.05) is 29.2 Å². The second kappa shape index (κ2) is 7.75. The van der Waals surface area contributed by atoms with Gasteiger partial charge in [0.2, 0.25) is 5.88 Å². The molecule has 2 heterocycles. The van der Waals surface area contributed by atoms with Gasteiger partial charge in [-0.15, -0.1) is 0 Å². The van der Waals surface area contributed by atoms with Gasteiger partial charge >= 0.3 is 0 Å². The van der Waals surface area contributed by atoms with Crippen molar-refractivity contribution in [1.29, 1.82) is 0 Å². The third kappa shape index (κ3) is 4.84. The van der Waals surface area contributed by atoms with Gasteiger partial charge in [0.05, 0.1) is 19.0 Å². The average molecular weight is 290 g/mol. The van der Waals surface area contributed by atoms with E-state index in [1.54, 1.807) is 13.3 Å². The van der Waals surface area contributed by atoms with Gasteiger partial charge in [0, 0.05) is 38.5 Å². The minimum atomic E-state index is 0.316. The molecule has 0 saturated carbocycles. The van der Waals surface area contributed by atoms with Gasteiger partial charge in [-0.05, 0) is 19.4 Å². The summed E-state index contributed by atoms with van der Waals surface area (Å²) in [4.78, 5) is 4.30. The van der Waals surface area contributed by atoms with E-state index in [2.05, 4.69) is 29.2 Å². The quantitative estimate of drug-likeness (QED) is 0.756. The Bertz CT molecular complexity index is 537. The van der Waals surface area contributed by atoms with Gasteiger partial charge in [0.25, 0.3) is 0 Å². The van der Waals surface area contributed by atoms with E-state index >= 15 is 0 Å². The van der Waals surface area contributed by atoms with Crippen LogP contribution in [0.2, 0.25) is 0 Å². The fraction of sp³-hybridized carbons (Fsp3) is 0.467. The topological polar surface area (TPSA) is 61.2 Å². The number of aromatic nitrogens is 3. The molecule has 0 aliphatic heterocycles. The Balaban J connectivity index is 1.86. The second-order valence-corrected chi connectivity index (χ2v) is 5.03. The summed E-state index contributed by atoms with van der Waals surface area (Å²) in [6.07, 6.45) is 5.37. The Morgan fingerprint density at radius 1 is 1.29 bits per heavy atom. The smallest absolute Gasteiger partial charge is 0.219 e. The highest BCUT2D eigenvalue weighted by atomic mass is 16.5. The zero-order valence-electron chi connectivity index (χ0n) is 12.7. The van der Waals surface area contributed by atoms with Crippen LogP contribution in [0.5, 0.6) is 11.6 Å². The molecule has 21 heavy (non-hydrogen) atoms. The number of pyridine rings is 1. The zero-order chi connectivity index (χ0) is 15.1. The minimum absolute atomic E-state index is 0.316. The Morgan fingerprint density at radius 3 is 2.76 bits per heavy atom. The molecule has 0 atom stereocenters. The third-order valence-electron chi connectivity index (χ3n) is 2.94. The predicted molar refractivity (Wildman–Crippen MR) is 80.5 cm³/mol. The highest BCUT2D eigenvalue weighted by molar-refractivity contribution is 5.24. The van der Waals surface area contributed by atoms with E-state index < -0.39 is 0 Å². The van der Waals surface area contributed by atoms with Crippen LogP contribution >= 0.6 is 0 Å². The van der Waals surface area contributed by atoms with Crippen LogP contribution in [0.1, 0.15) is 25.5 Å². The van der Waals surface area contributed by atoms with Gasteiger partial charge in [0.1, 0.15) is 0 Å². The van der Waals surface area contributed by atoms with E-state index in [0.717, 1.165) is 18.7 Å². The summed E-state index contributed by atoms with van der Waals surface area (Å²) in [5.41, 5.74) is 1.11. The first-order valence-electron chi connectivity index (χ1n) is 7.05. The molecule has 0 bridgehead atoms. The van der Waals surface area contributed by atoms with E-state index in [0.29, 0.717) is 24.3 Å². The maximum absolute atomic E-state index is 5.67. The van der Waals surface area contributed by atoms with Crippen molar-refractivity contribution in [3.8, 4) is 11.6 Å². The van der Waals surface area contributed by atoms with Gasteiger partial charge in [-0.2, -0.15) is 5.10 Å². The van der Waals surface area contributed by atoms with Crippen molar-refractivity contribution < 1.29 is 9.47 Å². The van der Waals surface area contributed by atoms with Crippen LogP contribution in [0.15, 0.2) is 30.7 Å². The number of hydrogen-bond donors (Lipinski definition) is 1. The number of nitrogens with one attached hydrogen (secondary N) is 1. The summed E-state index contributed by atoms with van der Waals surface area (Å²) < 4.78 is 12.5. The molecule has 2 rings (SSSR count). The first-order chi connectivity index (χ1) is 10.2. The van der Waals surface area contributed by atoms with E-state index in [4.69, 9.17) is 9.47 Å². The van der Waals surface area contributed by atoms with E-state index in [1.165, 1.54) is 0 Å². The van der Waals surface area contributed by atoms with Crippen LogP contribution < -0.4 is 10.1 Å². The number of rotatable bonds is 8. The summed E-state index contributed by atoms with van der Waals surface area (Å²) in [5, 5.41) is 7.50. The molecule has 0 saturated heterocycles. The first kappa shape index (κ1) is 15.5. The molecule has 1 N–H and O–H groups in total. The van der Waals surface area contributed by atoms with Crippen LogP contribution in [0.25, 0.3) is 0 Å². The molecule has 6 nitrogen and oxygen atoms in total. The SMILES string of the molecule is COCCNCc1ccc(Oc2cnn(C(C)C)c2)nc1. The van der Waals surface area contributed by atoms with Crippen molar-refractivity contribution in [2.75, 3.05) is 20.3 Å². The molecule has 2 aromatic heterocycles. The van der Waals surface area contributed by atoms with Gasteiger partial charge in [-0.3, -0.25) is 4.68 Å². The highest BCUT2D eigenvalue weighted by Crippen LogP contribution is 2.19. The van der Waals surface area contributed by atoms with Gasteiger partial charge < -0.3 is 14.8 Å². The highest BCUT2D eigenvalue weighted by Gasteiger charge is 2.04. The maximum atomic E-state index is 5.67. The molecule has 0 fully saturated rings. The van der Waals surface area contributed by atoms with Crippen LogP contribution in [-0.2, 0) is 11.3 Å². The largest absolute Gasteiger partial charge is 0.436 e. The molecule has 0 radical (unpaired) electrons. The van der Waals surface area contributed by atoms with Crippen LogP contribution in [0.3, 0.4) is 0 Å². The third-order valence-corrected chi connectivity index (χ3v) is 2.94. The lowest BCUT2D eigenvalue weighted by atomic mass is 10.3. The summed E-state index contributed by atoms with van der Waals surface area (Å²) >= 11 is 0. The molecular weight excluding hydrogens is 268 g/mol. The minimum Gasteiger partial charge on any atom is -0.436 e. The van der Waals surface area contributed by atoms with Crippen molar-refractivity contribution in [1.82, 2.24) is 20.1 Å². The number of methoxy groups -OCH3 is 1. The summed E-state index contributed by atoms with van der Waals surface area (Å²) in [6, 6.07) is 4.17. The van der Waals surface area contributed by atoms with Gasteiger partial charge in [-0.1, -0.05) is 6.07 Å². The molecule has 0 unspecified atom stereocenters. The lowest BCUT2D eigenvalue weighted by Gasteiger charge is -2.06. The van der Waals surface area contributed by atoms with Crippen molar-refractivity contribution in [3.63, 3.8) is 0 Å².